The molecule has 0 aromatic carbocycles. The van der Waals surface area contributed by atoms with Crippen LogP contribution in [0.15, 0.2) is 0 Å². The van der Waals surface area contributed by atoms with E-state index in [9.17, 15) is 25.2 Å². The third kappa shape index (κ3) is 39.3. The maximum atomic E-state index is 9.87. The van der Waals surface area contributed by atoms with Gasteiger partial charge >= 0.3 is 33.0 Å². The van der Waals surface area contributed by atoms with Crippen molar-refractivity contribution in [3.05, 3.63) is 0 Å². The van der Waals surface area contributed by atoms with E-state index in [0.29, 0.717) is 0 Å². The fourth-order valence-corrected chi connectivity index (χ4v) is 4.53. The Labute approximate surface area is 140 Å². The first-order valence-corrected chi connectivity index (χ1v) is 12.3. The van der Waals surface area contributed by atoms with Gasteiger partial charge in [0, 0.05) is 0 Å². The fourth-order valence-electron chi connectivity index (χ4n) is 2.15. The van der Waals surface area contributed by atoms with Crippen molar-refractivity contribution in [2.24, 2.45) is 0 Å². The van der Waals surface area contributed by atoms with Crippen molar-refractivity contribution in [2.75, 3.05) is 17.3 Å². The van der Waals surface area contributed by atoms with Crippen LogP contribution in [0.5, 0.6) is 0 Å². The van der Waals surface area contributed by atoms with Crippen LogP contribution in [-0.2, 0) is 10.9 Å². The summed E-state index contributed by atoms with van der Waals surface area (Å²) in [6.45, 7) is 6.96. The van der Waals surface area contributed by atoms with Crippen molar-refractivity contribution < 1.29 is 25.2 Å². The SMILES string of the molecule is CCCCCCCCC[S+](CCC)CCC.F[P-](F)(F)(F)(F)F. The predicted molar refractivity (Wildman–Crippen MR) is 94.1 cm³/mol. The maximum absolute atomic E-state index is 10.7. The Morgan fingerprint density at radius 1 is 0.522 bits per heavy atom. The topological polar surface area (TPSA) is 0 Å². The van der Waals surface area contributed by atoms with E-state index in [1.807, 2.05) is 0 Å². The molecular weight excluding hydrogens is 357 g/mol. The van der Waals surface area contributed by atoms with Crippen LogP contribution in [-0.4, -0.2) is 17.3 Å². The second-order valence-corrected chi connectivity index (χ2v) is 10.2. The summed E-state index contributed by atoms with van der Waals surface area (Å²) in [4.78, 5) is 0. The van der Waals surface area contributed by atoms with Gasteiger partial charge in [-0.3, -0.25) is 0 Å². The van der Waals surface area contributed by atoms with E-state index < -0.39 is 7.81 Å². The zero-order valence-electron chi connectivity index (χ0n) is 14.6. The Bertz CT molecular complexity index is 260. The average Bonchev–Trinajstić information content (AvgIpc) is 2.34. The average molecular weight is 390 g/mol. The summed E-state index contributed by atoms with van der Waals surface area (Å²) in [7, 11) is -9.89. The van der Waals surface area contributed by atoms with E-state index in [0.717, 1.165) is 10.9 Å². The minimum atomic E-state index is -10.7. The molecule has 146 valence electrons. The molecule has 0 spiro atoms. The molecule has 0 saturated carbocycles. The molecular formula is C15H33F6PS. The van der Waals surface area contributed by atoms with E-state index in [1.165, 1.54) is 75.0 Å². The first kappa shape index (κ1) is 25.6. The predicted octanol–water partition coefficient (Wildman–Crippen LogP) is 8.56. The van der Waals surface area contributed by atoms with Crippen LogP contribution < -0.4 is 0 Å². The van der Waals surface area contributed by atoms with Crippen molar-refractivity contribution >= 4 is 18.7 Å². The van der Waals surface area contributed by atoms with Gasteiger partial charge in [-0.15, -0.1) is 0 Å². The molecule has 0 aromatic heterocycles. The first-order chi connectivity index (χ1) is 10.3. The molecule has 0 fully saturated rings. The van der Waals surface area contributed by atoms with Crippen LogP contribution in [0.1, 0.15) is 78.6 Å². The van der Waals surface area contributed by atoms with Crippen LogP contribution in [0.2, 0.25) is 0 Å². The number of halogens is 6. The van der Waals surface area contributed by atoms with Gasteiger partial charge in [-0.05, 0) is 36.6 Å². The Balaban J connectivity index is 0. The summed E-state index contributed by atoms with van der Waals surface area (Å²) in [5.41, 5.74) is 0. The second kappa shape index (κ2) is 11.1. The number of hydrogen-bond acceptors (Lipinski definition) is 0. The third-order valence-corrected chi connectivity index (χ3v) is 5.86. The van der Waals surface area contributed by atoms with E-state index in [4.69, 9.17) is 0 Å². The van der Waals surface area contributed by atoms with Crippen LogP contribution in [0.4, 0.5) is 25.2 Å². The molecule has 0 bridgehead atoms. The molecule has 0 N–H and O–H groups in total. The Kier molecular flexibility index (Phi) is 12.3. The van der Waals surface area contributed by atoms with Crippen molar-refractivity contribution in [1.29, 1.82) is 0 Å². The molecule has 0 saturated heterocycles. The van der Waals surface area contributed by atoms with E-state index >= 15 is 0 Å². The van der Waals surface area contributed by atoms with Crippen molar-refractivity contribution in [3.8, 4) is 0 Å². The summed E-state index contributed by atoms with van der Waals surface area (Å²) in [5, 5.41) is 0. The normalized spacial score (nSPS) is 14.9. The summed E-state index contributed by atoms with van der Waals surface area (Å²) >= 11 is 0. The fraction of sp³-hybridized carbons (Fsp3) is 1.00. The summed E-state index contributed by atoms with van der Waals surface area (Å²) in [6, 6.07) is 0. The molecule has 0 aromatic rings. The zero-order chi connectivity index (χ0) is 18.5. The monoisotopic (exact) mass is 390 g/mol. The van der Waals surface area contributed by atoms with Gasteiger partial charge < -0.3 is 0 Å². The molecule has 0 unspecified atom stereocenters. The van der Waals surface area contributed by atoms with Crippen LogP contribution >= 0.6 is 7.81 Å². The van der Waals surface area contributed by atoms with E-state index in [1.54, 1.807) is 0 Å². The van der Waals surface area contributed by atoms with Gasteiger partial charge in [0.1, 0.15) is 17.3 Å². The van der Waals surface area contributed by atoms with Crippen LogP contribution in [0.25, 0.3) is 0 Å². The molecule has 23 heavy (non-hydrogen) atoms. The zero-order valence-corrected chi connectivity index (χ0v) is 16.3. The van der Waals surface area contributed by atoms with Crippen molar-refractivity contribution in [3.63, 3.8) is 0 Å². The van der Waals surface area contributed by atoms with Gasteiger partial charge in [-0.25, -0.2) is 0 Å². The number of unbranched alkanes of at least 4 members (excludes halogenated alkanes) is 6. The van der Waals surface area contributed by atoms with Gasteiger partial charge in [-0.2, -0.15) is 0 Å². The Hall–Kier alpha value is 0.360. The summed E-state index contributed by atoms with van der Waals surface area (Å²) < 4.78 is 59.2. The van der Waals surface area contributed by atoms with Crippen LogP contribution in [0, 0.1) is 0 Å². The standard InChI is InChI=1S/C15H33S.F6P/c1-4-7-8-9-10-11-12-15-16(13-5-2)14-6-3;1-7(2,3,4,5)6/h4-15H2,1-3H3;/q+1;-1. The molecule has 8 heteroatoms. The molecule has 0 amide bonds. The van der Waals surface area contributed by atoms with Gasteiger partial charge in [-0.1, -0.05) is 52.9 Å². The van der Waals surface area contributed by atoms with Crippen molar-refractivity contribution in [2.45, 2.75) is 78.6 Å². The molecule has 0 radical (unpaired) electrons. The minimum absolute atomic E-state index is 0.767. The van der Waals surface area contributed by atoms with Crippen LogP contribution in [0.3, 0.4) is 0 Å². The molecule has 0 nitrogen and oxygen atoms in total. The third-order valence-electron chi connectivity index (χ3n) is 3.02. The van der Waals surface area contributed by atoms with Gasteiger partial charge in [0.05, 0.1) is 0 Å². The quantitative estimate of drug-likeness (QED) is 0.135. The number of rotatable bonds is 12. The number of hydrogen-bond donors (Lipinski definition) is 0. The summed E-state index contributed by atoms with van der Waals surface area (Å²) in [5.74, 6) is 4.50. The second-order valence-electron chi connectivity index (χ2n) is 5.80. The van der Waals surface area contributed by atoms with Crippen molar-refractivity contribution in [1.82, 2.24) is 0 Å². The Morgan fingerprint density at radius 2 is 0.870 bits per heavy atom. The molecule has 0 rings (SSSR count). The van der Waals surface area contributed by atoms with Gasteiger partial charge in [0.25, 0.3) is 0 Å². The van der Waals surface area contributed by atoms with E-state index in [-0.39, 0.29) is 0 Å². The van der Waals surface area contributed by atoms with Gasteiger partial charge in [0.15, 0.2) is 0 Å². The molecule has 0 aliphatic rings. The van der Waals surface area contributed by atoms with Gasteiger partial charge in [0.2, 0.25) is 0 Å². The first-order valence-electron chi connectivity index (χ1n) is 8.50. The molecule has 0 aliphatic carbocycles. The van der Waals surface area contributed by atoms with E-state index in [2.05, 4.69) is 20.8 Å². The summed E-state index contributed by atoms with van der Waals surface area (Å²) in [6.07, 6.45) is 13.0. The molecule has 0 aliphatic heterocycles. The molecule has 0 heterocycles. The molecule has 0 atom stereocenters. The Morgan fingerprint density at radius 3 is 1.22 bits per heavy atom.